The summed E-state index contributed by atoms with van der Waals surface area (Å²) < 4.78 is 1.86. The predicted octanol–water partition coefficient (Wildman–Crippen LogP) is 2.15. The summed E-state index contributed by atoms with van der Waals surface area (Å²) in [6, 6.07) is 1.67. The zero-order valence-corrected chi connectivity index (χ0v) is 16.1. The fourth-order valence-corrected chi connectivity index (χ4v) is 3.84. The number of likely N-dealkylation sites (tertiary alicyclic amines) is 1. The molecule has 0 bridgehead atoms. The molecule has 7 nitrogen and oxygen atoms in total. The lowest BCUT2D eigenvalue weighted by Crippen LogP contribution is -2.29. The zero-order chi connectivity index (χ0) is 19.6. The van der Waals surface area contributed by atoms with E-state index in [1.54, 1.807) is 12.3 Å². The van der Waals surface area contributed by atoms with Crippen LogP contribution in [0.1, 0.15) is 45.7 Å². The third kappa shape index (κ3) is 4.35. The number of rotatable bonds is 6. The number of hydrogen-bond donors (Lipinski definition) is 1. The molecular formula is C20H26N4O3. The van der Waals surface area contributed by atoms with Gasteiger partial charge in [-0.1, -0.05) is 0 Å². The molecule has 1 unspecified atom stereocenters. The first-order valence-corrected chi connectivity index (χ1v) is 9.29. The van der Waals surface area contributed by atoms with Crippen LogP contribution in [-0.4, -0.2) is 49.7 Å². The monoisotopic (exact) mass is 370 g/mol. The van der Waals surface area contributed by atoms with Crippen molar-refractivity contribution in [1.29, 1.82) is 0 Å². The quantitative estimate of drug-likeness (QED) is 0.842. The van der Waals surface area contributed by atoms with Gasteiger partial charge in [0, 0.05) is 44.6 Å². The van der Waals surface area contributed by atoms with Gasteiger partial charge in [-0.15, -0.1) is 0 Å². The maximum absolute atomic E-state index is 12.6. The Kier molecular flexibility index (Phi) is 5.58. The molecule has 1 atom stereocenters. The summed E-state index contributed by atoms with van der Waals surface area (Å²) in [5.74, 6) is -0.437. The molecule has 0 aromatic carbocycles. The average molecular weight is 370 g/mol. The first-order chi connectivity index (χ1) is 12.8. The number of nitrogens with zero attached hydrogens (tertiary/aromatic N) is 4. The zero-order valence-electron chi connectivity index (χ0n) is 16.1. The minimum atomic E-state index is -0.964. The van der Waals surface area contributed by atoms with Crippen LogP contribution in [0.5, 0.6) is 0 Å². The van der Waals surface area contributed by atoms with E-state index in [4.69, 9.17) is 5.11 Å². The molecule has 1 fully saturated rings. The molecule has 1 N–H and O–H groups in total. The minimum Gasteiger partial charge on any atom is -0.478 e. The molecule has 7 heteroatoms. The lowest BCUT2D eigenvalue weighted by Gasteiger charge is -2.17. The van der Waals surface area contributed by atoms with Gasteiger partial charge >= 0.3 is 5.97 Å². The van der Waals surface area contributed by atoms with Crippen molar-refractivity contribution >= 4 is 11.9 Å². The molecule has 2 aromatic rings. The van der Waals surface area contributed by atoms with E-state index in [1.165, 1.54) is 6.20 Å². The number of hydrogen-bond acceptors (Lipinski definition) is 4. The van der Waals surface area contributed by atoms with E-state index in [0.29, 0.717) is 12.3 Å². The first-order valence-electron chi connectivity index (χ1n) is 9.29. The second kappa shape index (κ2) is 7.90. The highest BCUT2D eigenvalue weighted by atomic mass is 16.4. The highest BCUT2D eigenvalue weighted by Gasteiger charge is 2.26. The van der Waals surface area contributed by atoms with E-state index in [0.717, 1.165) is 54.9 Å². The van der Waals surface area contributed by atoms with Gasteiger partial charge in [0.15, 0.2) is 0 Å². The number of carboxylic acids is 1. The molecule has 1 aliphatic rings. The second-order valence-corrected chi connectivity index (χ2v) is 7.36. The number of aromatic nitrogens is 3. The van der Waals surface area contributed by atoms with Crippen molar-refractivity contribution in [3.63, 3.8) is 0 Å². The summed E-state index contributed by atoms with van der Waals surface area (Å²) in [5.41, 5.74) is 4.40. The van der Waals surface area contributed by atoms with Crippen molar-refractivity contribution in [3.8, 4) is 0 Å². The van der Waals surface area contributed by atoms with Crippen molar-refractivity contribution in [2.45, 2.75) is 39.5 Å². The second-order valence-electron chi connectivity index (χ2n) is 7.36. The van der Waals surface area contributed by atoms with E-state index in [2.05, 4.69) is 10.1 Å². The molecule has 0 aliphatic carbocycles. The number of carbonyl (C=O) groups excluding carboxylic acids is 1. The molecule has 0 radical (unpaired) electrons. The van der Waals surface area contributed by atoms with Gasteiger partial charge in [0.25, 0.3) is 0 Å². The van der Waals surface area contributed by atoms with Gasteiger partial charge in [0.05, 0.1) is 11.3 Å². The predicted molar refractivity (Wildman–Crippen MR) is 101 cm³/mol. The summed E-state index contributed by atoms with van der Waals surface area (Å²) in [6.07, 6.45) is 5.97. The SMILES string of the molecule is Cc1nn(C)c(C)c1CCC(=O)N1CCC(Cc2cncc(C(=O)O)c2)C1. The summed E-state index contributed by atoms with van der Waals surface area (Å²) in [5, 5.41) is 13.5. The van der Waals surface area contributed by atoms with Gasteiger partial charge in [-0.05, 0) is 56.2 Å². The fraction of sp³-hybridized carbons (Fsp3) is 0.500. The fourth-order valence-electron chi connectivity index (χ4n) is 3.84. The topological polar surface area (TPSA) is 88.3 Å². The number of pyridine rings is 1. The number of carboxylic acid groups (broad SMARTS) is 1. The summed E-state index contributed by atoms with van der Waals surface area (Å²) in [7, 11) is 1.92. The molecule has 0 saturated carbocycles. The molecule has 27 heavy (non-hydrogen) atoms. The highest BCUT2D eigenvalue weighted by molar-refractivity contribution is 5.87. The average Bonchev–Trinajstić information content (AvgIpc) is 3.18. The Bertz CT molecular complexity index is 859. The molecule has 3 rings (SSSR count). The summed E-state index contributed by atoms with van der Waals surface area (Å²) in [6.45, 7) is 5.50. The van der Waals surface area contributed by atoms with Crippen molar-refractivity contribution in [2.75, 3.05) is 13.1 Å². The molecular weight excluding hydrogens is 344 g/mol. The molecule has 1 amide bonds. The van der Waals surface area contributed by atoms with Crippen LogP contribution in [0.15, 0.2) is 18.5 Å². The van der Waals surface area contributed by atoms with Gasteiger partial charge in [-0.3, -0.25) is 14.5 Å². The molecule has 3 heterocycles. The minimum absolute atomic E-state index is 0.178. The van der Waals surface area contributed by atoms with Crippen molar-refractivity contribution < 1.29 is 14.7 Å². The third-order valence-corrected chi connectivity index (χ3v) is 5.45. The highest BCUT2D eigenvalue weighted by Crippen LogP contribution is 2.22. The van der Waals surface area contributed by atoms with E-state index in [-0.39, 0.29) is 11.5 Å². The van der Waals surface area contributed by atoms with Gasteiger partial charge in [-0.2, -0.15) is 5.10 Å². The smallest absolute Gasteiger partial charge is 0.337 e. The van der Waals surface area contributed by atoms with Crippen LogP contribution in [0.2, 0.25) is 0 Å². The maximum atomic E-state index is 12.6. The normalized spacial score (nSPS) is 16.7. The third-order valence-electron chi connectivity index (χ3n) is 5.45. The largest absolute Gasteiger partial charge is 0.478 e. The molecule has 0 spiro atoms. The van der Waals surface area contributed by atoms with E-state index in [9.17, 15) is 9.59 Å². The molecule has 1 saturated heterocycles. The molecule has 144 valence electrons. The lowest BCUT2D eigenvalue weighted by molar-refractivity contribution is -0.130. The molecule has 1 aliphatic heterocycles. The van der Waals surface area contributed by atoms with E-state index in [1.807, 2.05) is 30.5 Å². The Morgan fingerprint density at radius 2 is 2.07 bits per heavy atom. The van der Waals surface area contributed by atoms with Crippen molar-refractivity contribution in [2.24, 2.45) is 13.0 Å². The van der Waals surface area contributed by atoms with Crippen LogP contribution in [0.3, 0.4) is 0 Å². The van der Waals surface area contributed by atoms with Crippen LogP contribution in [0, 0.1) is 19.8 Å². The van der Waals surface area contributed by atoms with Crippen LogP contribution in [0.25, 0.3) is 0 Å². The van der Waals surface area contributed by atoms with Crippen LogP contribution in [0.4, 0.5) is 0 Å². The van der Waals surface area contributed by atoms with Crippen LogP contribution in [-0.2, 0) is 24.7 Å². The Labute approximate surface area is 159 Å². The standard InChI is InChI=1S/C20H26N4O3/c1-13-18(14(2)23(3)22-13)4-5-19(25)24-7-6-15(12-24)8-16-9-17(20(26)27)11-21-10-16/h9-11,15H,4-8,12H2,1-3H3,(H,26,27). The summed E-state index contributed by atoms with van der Waals surface area (Å²) in [4.78, 5) is 29.6. The van der Waals surface area contributed by atoms with Crippen LogP contribution < -0.4 is 0 Å². The Hall–Kier alpha value is -2.70. The first kappa shape index (κ1) is 19.1. The van der Waals surface area contributed by atoms with Crippen molar-refractivity contribution in [3.05, 3.63) is 46.5 Å². The Morgan fingerprint density at radius 1 is 1.30 bits per heavy atom. The van der Waals surface area contributed by atoms with Gasteiger partial charge in [0.2, 0.25) is 5.91 Å². The van der Waals surface area contributed by atoms with Crippen LogP contribution >= 0.6 is 0 Å². The van der Waals surface area contributed by atoms with Gasteiger partial charge in [-0.25, -0.2) is 4.79 Å². The Morgan fingerprint density at radius 3 is 2.74 bits per heavy atom. The number of aromatic carboxylic acids is 1. The van der Waals surface area contributed by atoms with E-state index >= 15 is 0 Å². The van der Waals surface area contributed by atoms with Gasteiger partial charge < -0.3 is 10.0 Å². The van der Waals surface area contributed by atoms with E-state index < -0.39 is 5.97 Å². The maximum Gasteiger partial charge on any atom is 0.337 e. The van der Waals surface area contributed by atoms with Gasteiger partial charge in [0.1, 0.15) is 0 Å². The lowest BCUT2D eigenvalue weighted by atomic mass is 9.99. The number of carbonyl (C=O) groups is 2. The Balaban J connectivity index is 1.53. The summed E-state index contributed by atoms with van der Waals surface area (Å²) >= 11 is 0. The number of aryl methyl sites for hydroxylation is 2. The number of amides is 1. The molecule has 2 aromatic heterocycles. The van der Waals surface area contributed by atoms with Crippen molar-refractivity contribution in [1.82, 2.24) is 19.7 Å².